The van der Waals surface area contributed by atoms with Crippen LogP contribution >= 0.6 is 0 Å². The van der Waals surface area contributed by atoms with Gasteiger partial charge in [0.15, 0.2) is 0 Å². The summed E-state index contributed by atoms with van der Waals surface area (Å²) in [5.41, 5.74) is 0.198. The summed E-state index contributed by atoms with van der Waals surface area (Å²) in [5.74, 6) is -0.782. The van der Waals surface area contributed by atoms with Crippen molar-refractivity contribution in [3.63, 3.8) is 0 Å². The van der Waals surface area contributed by atoms with Gasteiger partial charge in [-0.2, -0.15) is 4.39 Å². The largest absolute Gasteiger partial charge is 0.346 e. The van der Waals surface area contributed by atoms with Crippen LogP contribution in [0.5, 0.6) is 0 Å². The number of hydrogen-bond acceptors (Lipinski definition) is 3. The Balaban J connectivity index is 0. The number of nitro groups is 1. The molecule has 0 N–H and O–H groups in total. The third-order valence-electron chi connectivity index (χ3n) is 2.65. The van der Waals surface area contributed by atoms with Gasteiger partial charge < -0.3 is 4.90 Å². The van der Waals surface area contributed by atoms with Crippen LogP contribution in [-0.4, -0.2) is 29.3 Å². The normalized spacial score (nSPS) is 8.82. The average Bonchev–Trinajstić information content (AvgIpc) is 2.50. The van der Waals surface area contributed by atoms with Crippen molar-refractivity contribution in [3.05, 3.63) is 39.7 Å². The molecule has 0 unspecified atom stereocenters. The molecule has 0 radical (unpaired) electrons. The summed E-state index contributed by atoms with van der Waals surface area (Å²) in [6.45, 7) is 11.5. The highest BCUT2D eigenvalue weighted by molar-refractivity contribution is 5.46. The van der Waals surface area contributed by atoms with Gasteiger partial charge >= 0.3 is 5.69 Å². The average molecular weight is 314 g/mol. The van der Waals surface area contributed by atoms with Crippen LogP contribution < -0.4 is 0 Å². The van der Waals surface area contributed by atoms with Crippen molar-refractivity contribution in [3.8, 4) is 0 Å². The number of amides is 1. The molecule has 1 amide bonds. The molecule has 0 aliphatic heterocycles. The van der Waals surface area contributed by atoms with Crippen molar-refractivity contribution >= 4 is 12.1 Å². The Hall–Kier alpha value is -1.98. The van der Waals surface area contributed by atoms with E-state index in [2.05, 4.69) is 6.92 Å². The van der Waals surface area contributed by atoms with Gasteiger partial charge in [0.25, 0.3) is 0 Å². The Bertz CT molecular complexity index is 439. The van der Waals surface area contributed by atoms with E-state index in [1.165, 1.54) is 6.07 Å². The molecule has 0 bridgehead atoms. The monoisotopic (exact) mass is 314 g/mol. The number of benzene rings is 1. The molecule has 1 aromatic carbocycles. The Kier molecular flexibility index (Phi) is 14.2. The first kappa shape index (κ1) is 22.3. The van der Waals surface area contributed by atoms with Gasteiger partial charge in [-0.1, -0.05) is 33.3 Å². The number of carbonyl (C=O) groups is 1. The molecule has 1 rings (SSSR count). The molecule has 0 aromatic heterocycles. The molecule has 6 heteroatoms. The summed E-state index contributed by atoms with van der Waals surface area (Å²) in [4.78, 5) is 21.3. The van der Waals surface area contributed by atoms with Crippen LogP contribution in [0, 0.1) is 22.9 Å². The molecule has 0 spiro atoms. The quantitative estimate of drug-likeness (QED) is 0.446. The number of aryl methyl sites for hydroxylation is 1. The molecule has 0 heterocycles. The predicted molar refractivity (Wildman–Crippen MR) is 87.4 cm³/mol. The zero-order valence-electron chi connectivity index (χ0n) is 14.1. The zero-order chi connectivity index (χ0) is 17.5. The summed E-state index contributed by atoms with van der Waals surface area (Å²) >= 11 is 0. The van der Waals surface area contributed by atoms with Gasteiger partial charge in [-0.3, -0.25) is 14.9 Å². The molecule has 1 aromatic rings. The highest BCUT2D eigenvalue weighted by Crippen LogP contribution is 2.16. The maximum Gasteiger partial charge on any atom is 0.304 e. The number of rotatable bonds is 6. The maximum absolute atomic E-state index is 12.7. The number of carbonyl (C=O) groups excluding carboxylic acids is 1. The number of hydrogen-bond donors (Lipinski definition) is 0. The van der Waals surface area contributed by atoms with Gasteiger partial charge in [-0.05, 0) is 31.9 Å². The van der Waals surface area contributed by atoms with Crippen LogP contribution in [0.4, 0.5) is 10.1 Å². The summed E-state index contributed by atoms with van der Waals surface area (Å²) < 4.78 is 12.7. The third-order valence-corrected chi connectivity index (χ3v) is 2.65. The predicted octanol–water partition coefficient (Wildman–Crippen LogP) is 4.33. The zero-order valence-corrected chi connectivity index (χ0v) is 14.1. The van der Waals surface area contributed by atoms with E-state index in [4.69, 9.17) is 0 Å². The standard InChI is InChI=1S/C7H6FNO2.C7H15NO.C2H6/c1-5-2-3-7(9(10)11)6(8)4-5;1-3-5-6-8(4-2)7-9;1-2/h2-4H,1H3;7H,3-6H2,1-2H3;1-2H3. The van der Waals surface area contributed by atoms with Crippen molar-refractivity contribution in [2.24, 2.45) is 0 Å². The lowest BCUT2D eigenvalue weighted by Gasteiger charge is -2.12. The van der Waals surface area contributed by atoms with Crippen molar-refractivity contribution in [1.29, 1.82) is 0 Å². The molecule has 0 saturated heterocycles. The van der Waals surface area contributed by atoms with Crippen LogP contribution in [0.25, 0.3) is 0 Å². The molecule has 0 aliphatic carbocycles. The van der Waals surface area contributed by atoms with Crippen molar-refractivity contribution in [1.82, 2.24) is 4.90 Å². The highest BCUT2D eigenvalue weighted by Gasteiger charge is 2.11. The Morgan fingerprint density at radius 3 is 2.27 bits per heavy atom. The minimum Gasteiger partial charge on any atom is -0.346 e. The van der Waals surface area contributed by atoms with Crippen LogP contribution in [0.1, 0.15) is 46.1 Å². The number of nitro benzene ring substituents is 1. The van der Waals surface area contributed by atoms with Crippen LogP contribution in [0.15, 0.2) is 18.2 Å². The van der Waals surface area contributed by atoms with Gasteiger partial charge in [0, 0.05) is 19.2 Å². The number of nitrogens with zero attached hydrogens (tertiary/aromatic N) is 2. The molecule has 0 atom stereocenters. The highest BCUT2D eigenvalue weighted by atomic mass is 19.1. The van der Waals surface area contributed by atoms with E-state index < -0.39 is 16.4 Å². The third kappa shape index (κ3) is 9.85. The van der Waals surface area contributed by atoms with Crippen LogP contribution in [-0.2, 0) is 4.79 Å². The van der Waals surface area contributed by atoms with E-state index in [9.17, 15) is 19.3 Å². The number of halogens is 1. The Morgan fingerprint density at radius 1 is 1.32 bits per heavy atom. The molecular weight excluding hydrogens is 287 g/mol. The fraction of sp³-hybridized carbons (Fsp3) is 0.562. The first-order valence-electron chi connectivity index (χ1n) is 7.56. The summed E-state index contributed by atoms with van der Waals surface area (Å²) in [7, 11) is 0. The van der Waals surface area contributed by atoms with Crippen LogP contribution in [0.3, 0.4) is 0 Å². The van der Waals surface area contributed by atoms with E-state index in [-0.39, 0.29) is 0 Å². The molecule has 5 nitrogen and oxygen atoms in total. The first-order chi connectivity index (χ1) is 10.5. The second-order valence-corrected chi connectivity index (χ2v) is 4.30. The van der Waals surface area contributed by atoms with E-state index in [0.717, 1.165) is 44.5 Å². The lowest BCUT2D eigenvalue weighted by atomic mass is 10.2. The maximum atomic E-state index is 12.7. The fourth-order valence-electron chi connectivity index (χ4n) is 1.41. The molecule has 0 fully saturated rings. The van der Waals surface area contributed by atoms with Crippen molar-refractivity contribution in [2.75, 3.05) is 13.1 Å². The van der Waals surface area contributed by atoms with E-state index in [0.29, 0.717) is 5.56 Å². The molecule has 126 valence electrons. The molecular formula is C16H27FN2O3. The van der Waals surface area contributed by atoms with E-state index >= 15 is 0 Å². The van der Waals surface area contributed by atoms with Gasteiger partial charge in [-0.15, -0.1) is 0 Å². The van der Waals surface area contributed by atoms with Crippen molar-refractivity contribution in [2.45, 2.75) is 47.5 Å². The summed E-state index contributed by atoms with van der Waals surface area (Å²) in [6, 6.07) is 3.80. The van der Waals surface area contributed by atoms with E-state index in [1.54, 1.807) is 11.8 Å². The molecule has 0 aliphatic rings. The van der Waals surface area contributed by atoms with E-state index in [1.807, 2.05) is 20.8 Å². The first-order valence-corrected chi connectivity index (χ1v) is 7.56. The smallest absolute Gasteiger partial charge is 0.304 e. The van der Waals surface area contributed by atoms with Crippen molar-refractivity contribution < 1.29 is 14.1 Å². The minimum atomic E-state index is -0.782. The lowest BCUT2D eigenvalue weighted by molar-refractivity contribution is -0.387. The fourth-order valence-corrected chi connectivity index (χ4v) is 1.41. The summed E-state index contributed by atoms with van der Waals surface area (Å²) in [6.07, 6.45) is 3.19. The molecule has 22 heavy (non-hydrogen) atoms. The SMILES string of the molecule is CC.CCCCN(C=O)CC.Cc1ccc([N+](=O)[O-])c(F)c1. The topological polar surface area (TPSA) is 63.5 Å². The summed E-state index contributed by atoms with van der Waals surface area (Å²) in [5, 5.41) is 10.1. The Labute approximate surface area is 132 Å². The van der Waals surface area contributed by atoms with Gasteiger partial charge in [0.1, 0.15) is 0 Å². The minimum absolute atomic E-state index is 0.476. The van der Waals surface area contributed by atoms with Crippen LogP contribution in [0.2, 0.25) is 0 Å². The van der Waals surface area contributed by atoms with Gasteiger partial charge in [-0.25, -0.2) is 0 Å². The lowest BCUT2D eigenvalue weighted by Crippen LogP contribution is -2.22. The number of unbranched alkanes of at least 4 members (excludes halogenated alkanes) is 1. The second kappa shape index (κ2) is 14.0. The van der Waals surface area contributed by atoms with Gasteiger partial charge in [0.05, 0.1) is 4.92 Å². The Morgan fingerprint density at radius 2 is 1.91 bits per heavy atom. The van der Waals surface area contributed by atoms with Gasteiger partial charge in [0.2, 0.25) is 12.2 Å². The molecule has 0 saturated carbocycles. The second-order valence-electron chi connectivity index (χ2n) is 4.30.